The summed E-state index contributed by atoms with van der Waals surface area (Å²) in [4.78, 5) is 0. The van der Waals surface area contributed by atoms with Crippen LogP contribution in [0.15, 0.2) is 42.5 Å². The average Bonchev–Trinajstić information content (AvgIpc) is 3.23. The predicted molar refractivity (Wildman–Crippen MR) is 76.9 cm³/mol. The van der Waals surface area contributed by atoms with E-state index in [0.717, 1.165) is 23.7 Å². The van der Waals surface area contributed by atoms with Crippen molar-refractivity contribution in [2.24, 2.45) is 0 Å². The highest BCUT2D eigenvalue weighted by Gasteiger charge is 2.22. The zero-order valence-corrected chi connectivity index (χ0v) is 11.1. The molecule has 0 aliphatic heterocycles. The lowest BCUT2D eigenvalue weighted by Crippen LogP contribution is -2.01. The molecule has 2 aromatic carbocycles. The summed E-state index contributed by atoms with van der Waals surface area (Å²) in [6.45, 7) is 2.69. The summed E-state index contributed by atoms with van der Waals surface area (Å²) in [5, 5.41) is 3.35. The quantitative estimate of drug-likeness (QED) is 0.840. The van der Waals surface area contributed by atoms with Crippen molar-refractivity contribution >= 4 is 5.69 Å². The highest BCUT2D eigenvalue weighted by Crippen LogP contribution is 2.39. The van der Waals surface area contributed by atoms with Crippen molar-refractivity contribution < 1.29 is 4.39 Å². The van der Waals surface area contributed by atoms with Crippen molar-refractivity contribution in [3.05, 3.63) is 65.0 Å². The van der Waals surface area contributed by atoms with E-state index in [4.69, 9.17) is 0 Å². The fourth-order valence-corrected chi connectivity index (χ4v) is 2.35. The molecule has 0 aromatic heterocycles. The number of hydrogen-bond acceptors (Lipinski definition) is 1. The van der Waals surface area contributed by atoms with Crippen molar-refractivity contribution in [2.45, 2.75) is 32.2 Å². The van der Waals surface area contributed by atoms with Crippen LogP contribution in [0.25, 0.3) is 0 Å². The standard InChI is InChI=1S/C17H18FN/c1-12-10-16(18)8-9-17(12)19-11-13-2-4-14(5-3-13)15-6-7-15/h2-5,8-10,15,19H,6-7,11H2,1H3. The highest BCUT2D eigenvalue weighted by atomic mass is 19.1. The Morgan fingerprint density at radius 1 is 1.11 bits per heavy atom. The molecular weight excluding hydrogens is 237 g/mol. The zero-order chi connectivity index (χ0) is 13.2. The maximum Gasteiger partial charge on any atom is 0.123 e. The third-order valence-corrected chi connectivity index (χ3v) is 3.70. The summed E-state index contributed by atoms with van der Waals surface area (Å²) < 4.78 is 13.0. The minimum absolute atomic E-state index is 0.183. The molecule has 0 saturated heterocycles. The average molecular weight is 255 g/mol. The van der Waals surface area contributed by atoms with Crippen LogP contribution in [-0.2, 0) is 6.54 Å². The van der Waals surface area contributed by atoms with Crippen LogP contribution in [0.2, 0.25) is 0 Å². The van der Waals surface area contributed by atoms with Gasteiger partial charge in [0.1, 0.15) is 5.82 Å². The van der Waals surface area contributed by atoms with Crippen LogP contribution in [0.3, 0.4) is 0 Å². The molecule has 0 unspecified atom stereocenters. The molecule has 1 aliphatic carbocycles. The SMILES string of the molecule is Cc1cc(F)ccc1NCc1ccc(C2CC2)cc1. The van der Waals surface area contributed by atoms with E-state index in [2.05, 4.69) is 29.6 Å². The molecule has 1 fully saturated rings. The van der Waals surface area contributed by atoms with E-state index in [0.29, 0.717) is 0 Å². The predicted octanol–water partition coefficient (Wildman–Crippen LogP) is 4.62. The van der Waals surface area contributed by atoms with E-state index in [1.807, 2.05) is 6.92 Å². The normalized spacial score (nSPS) is 14.4. The van der Waals surface area contributed by atoms with Crippen LogP contribution < -0.4 is 5.32 Å². The third-order valence-electron chi connectivity index (χ3n) is 3.70. The van der Waals surface area contributed by atoms with E-state index in [-0.39, 0.29) is 5.82 Å². The third kappa shape index (κ3) is 2.95. The number of nitrogens with one attached hydrogen (secondary N) is 1. The van der Waals surface area contributed by atoms with Crippen molar-refractivity contribution in [1.82, 2.24) is 0 Å². The first kappa shape index (κ1) is 12.2. The fourth-order valence-electron chi connectivity index (χ4n) is 2.35. The van der Waals surface area contributed by atoms with Gasteiger partial charge in [-0.2, -0.15) is 0 Å². The lowest BCUT2D eigenvalue weighted by atomic mass is 10.1. The molecule has 2 aromatic rings. The first-order chi connectivity index (χ1) is 9.22. The number of anilines is 1. The van der Waals surface area contributed by atoms with Gasteiger partial charge in [0.15, 0.2) is 0 Å². The molecule has 1 aliphatic rings. The van der Waals surface area contributed by atoms with Gasteiger partial charge < -0.3 is 5.32 Å². The number of hydrogen-bond donors (Lipinski definition) is 1. The summed E-state index contributed by atoms with van der Waals surface area (Å²) >= 11 is 0. The van der Waals surface area contributed by atoms with Gasteiger partial charge in [-0.05, 0) is 60.6 Å². The van der Waals surface area contributed by atoms with Crippen LogP contribution in [0.1, 0.15) is 35.4 Å². The monoisotopic (exact) mass is 255 g/mol. The number of halogens is 1. The highest BCUT2D eigenvalue weighted by molar-refractivity contribution is 5.51. The van der Waals surface area contributed by atoms with Crippen molar-refractivity contribution in [3.8, 4) is 0 Å². The van der Waals surface area contributed by atoms with E-state index >= 15 is 0 Å². The first-order valence-electron chi connectivity index (χ1n) is 6.81. The smallest absolute Gasteiger partial charge is 0.123 e. The molecule has 0 spiro atoms. The fraction of sp³-hybridized carbons (Fsp3) is 0.294. The molecule has 19 heavy (non-hydrogen) atoms. The van der Waals surface area contributed by atoms with E-state index in [1.165, 1.54) is 30.0 Å². The van der Waals surface area contributed by atoms with E-state index < -0.39 is 0 Å². The van der Waals surface area contributed by atoms with Crippen LogP contribution in [-0.4, -0.2) is 0 Å². The molecule has 0 atom stereocenters. The van der Waals surface area contributed by atoms with Gasteiger partial charge in [-0.15, -0.1) is 0 Å². The Morgan fingerprint density at radius 2 is 1.84 bits per heavy atom. The molecule has 3 rings (SSSR count). The number of aryl methyl sites for hydroxylation is 1. The van der Waals surface area contributed by atoms with Gasteiger partial charge in [0.25, 0.3) is 0 Å². The second kappa shape index (κ2) is 5.04. The summed E-state index contributed by atoms with van der Waals surface area (Å²) in [5.74, 6) is 0.623. The lowest BCUT2D eigenvalue weighted by Gasteiger charge is -2.10. The Bertz CT molecular complexity index is 570. The van der Waals surface area contributed by atoms with Crippen LogP contribution in [0.5, 0.6) is 0 Å². The zero-order valence-electron chi connectivity index (χ0n) is 11.1. The van der Waals surface area contributed by atoms with Gasteiger partial charge in [-0.25, -0.2) is 4.39 Å². The van der Waals surface area contributed by atoms with Gasteiger partial charge in [0.05, 0.1) is 0 Å². The van der Waals surface area contributed by atoms with E-state index in [9.17, 15) is 4.39 Å². The minimum Gasteiger partial charge on any atom is -0.381 e. The maximum atomic E-state index is 13.0. The van der Waals surface area contributed by atoms with Crippen LogP contribution in [0.4, 0.5) is 10.1 Å². The van der Waals surface area contributed by atoms with Crippen LogP contribution in [0, 0.1) is 12.7 Å². The Kier molecular flexibility index (Phi) is 3.24. The number of rotatable bonds is 4. The molecule has 1 saturated carbocycles. The molecule has 98 valence electrons. The Labute approximate surface area is 113 Å². The Hall–Kier alpha value is -1.83. The molecule has 0 bridgehead atoms. The first-order valence-corrected chi connectivity index (χ1v) is 6.81. The molecule has 1 N–H and O–H groups in total. The minimum atomic E-state index is -0.183. The van der Waals surface area contributed by atoms with Gasteiger partial charge in [0, 0.05) is 12.2 Å². The molecule has 0 radical (unpaired) electrons. The summed E-state index contributed by atoms with van der Waals surface area (Å²) in [6, 6.07) is 13.7. The molecular formula is C17H18FN. The second-order valence-corrected chi connectivity index (χ2v) is 5.33. The molecule has 2 heteroatoms. The summed E-state index contributed by atoms with van der Waals surface area (Å²) in [6.07, 6.45) is 2.68. The van der Waals surface area contributed by atoms with Crippen molar-refractivity contribution in [2.75, 3.05) is 5.32 Å². The molecule has 0 heterocycles. The summed E-state index contributed by atoms with van der Waals surface area (Å²) in [5.41, 5.74) is 4.65. The van der Waals surface area contributed by atoms with Gasteiger partial charge in [-0.3, -0.25) is 0 Å². The van der Waals surface area contributed by atoms with Gasteiger partial charge in [-0.1, -0.05) is 24.3 Å². The topological polar surface area (TPSA) is 12.0 Å². The lowest BCUT2D eigenvalue weighted by molar-refractivity contribution is 0.627. The Balaban J connectivity index is 1.64. The van der Waals surface area contributed by atoms with Crippen LogP contribution >= 0.6 is 0 Å². The van der Waals surface area contributed by atoms with E-state index in [1.54, 1.807) is 12.1 Å². The largest absolute Gasteiger partial charge is 0.381 e. The van der Waals surface area contributed by atoms with Gasteiger partial charge >= 0.3 is 0 Å². The maximum absolute atomic E-state index is 13.0. The summed E-state index contributed by atoms with van der Waals surface area (Å²) in [7, 11) is 0. The molecule has 0 amide bonds. The Morgan fingerprint density at radius 3 is 2.47 bits per heavy atom. The second-order valence-electron chi connectivity index (χ2n) is 5.33. The van der Waals surface area contributed by atoms with Gasteiger partial charge in [0.2, 0.25) is 0 Å². The number of benzene rings is 2. The molecule has 1 nitrogen and oxygen atoms in total. The van der Waals surface area contributed by atoms with Crippen molar-refractivity contribution in [1.29, 1.82) is 0 Å². The van der Waals surface area contributed by atoms with Crippen molar-refractivity contribution in [3.63, 3.8) is 0 Å².